The highest BCUT2D eigenvalue weighted by molar-refractivity contribution is 9.10. The molecule has 0 atom stereocenters. The molecule has 3 heterocycles. The smallest absolute Gasteiger partial charge is 0.223 e. The van der Waals surface area contributed by atoms with Gasteiger partial charge in [0, 0.05) is 34.9 Å². The lowest BCUT2D eigenvalue weighted by Crippen LogP contribution is -2.07. The fraction of sp³-hybridized carbons (Fsp3) is 0.208. The van der Waals surface area contributed by atoms with Crippen molar-refractivity contribution in [3.05, 3.63) is 64.0 Å². The molecule has 0 unspecified atom stereocenters. The first-order valence-corrected chi connectivity index (χ1v) is 12.4. The maximum absolute atomic E-state index is 11.6. The predicted octanol–water partition coefficient (Wildman–Crippen LogP) is 5.25. The number of carbonyl (C=O) groups excluding carboxylic acids is 1. The Morgan fingerprint density at radius 2 is 2.24 bits per heavy atom. The van der Waals surface area contributed by atoms with Gasteiger partial charge in [-0.3, -0.25) is 9.78 Å². The van der Waals surface area contributed by atoms with Crippen molar-refractivity contribution in [1.29, 1.82) is 0 Å². The molecule has 0 fully saturated rings. The van der Waals surface area contributed by atoms with Gasteiger partial charge >= 0.3 is 0 Å². The first kappa shape index (κ1) is 22.4. The molecule has 1 aliphatic carbocycles. The zero-order chi connectivity index (χ0) is 23.7. The Morgan fingerprint density at radius 1 is 1.35 bits per heavy atom. The van der Waals surface area contributed by atoms with Gasteiger partial charge in [0.2, 0.25) is 5.91 Å². The van der Waals surface area contributed by atoms with Crippen LogP contribution in [0.25, 0.3) is 27.5 Å². The number of hydrogen-bond donors (Lipinski definition) is 1. The number of fused-ring (bicyclic) bond motifs is 3. The van der Waals surface area contributed by atoms with E-state index in [1.165, 1.54) is 18.3 Å². The molecule has 0 saturated heterocycles. The van der Waals surface area contributed by atoms with Crippen molar-refractivity contribution in [3.8, 4) is 27.5 Å². The Morgan fingerprint density at radius 3 is 2.97 bits per heavy atom. The third-order valence-corrected chi connectivity index (χ3v) is 6.99. The van der Waals surface area contributed by atoms with E-state index in [4.69, 9.17) is 9.94 Å². The molecule has 0 radical (unpaired) electrons. The molecule has 1 amide bonds. The molecule has 0 bridgehead atoms. The molecule has 34 heavy (non-hydrogen) atoms. The van der Waals surface area contributed by atoms with E-state index in [1.807, 2.05) is 48.1 Å². The van der Waals surface area contributed by atoms with Crippen LogP contribution in [0.3, 0.4) is 0 Å². The molecule has 0 saturated carbocycles. The van der Waals surface area contributed by atoms with Gasteiger partial charge in [-0.25, -0.2) is 9.67 Å². The summed E-state index contributed by atoms with van der Waals surface area (Å²) in [4.78, 5) is 26.7. The van der Waals surface area contributed by atoms with Crippen molar-refractivity contribution in [2.75, 3.05) is 11.9 Å². The number of rotatable bonds is 6. The number of thiazole rings is 1. The van der Waals surface area contributed by atoms with E-state index in [0.717, 1.165) is 61.7 Å². The highest BCUT2D eigenvalue weighted by Gasteiger charge is 2.30. The van der Waals surface area contributed by atoms with E-state index in [-0.39, 0.29) is 5.91 Å². The molecule has 1 N–H and O–H groups in total. The van der Waals surface area contributed by atoms with Crippen LogP contribution in [0.2, 0.25) is 0 Å². The minimum Gasteiger partial charge on any atom is -0.396 e. The molecular weight excluding hydrogens is 516 g/mol. The molecule has 0 spiro atoms. The number of nitrogens with zero attached hydrogens (tertiary/aromatic N) is 5. The van der Waals surface area contributed by atoms with Gasteiger partial charge in [0.15, 0.2) is 5.13 Å². The Bertz CT molecular complexity index is 1400. The molecule has 0 aliphatic heterocycles. The van der Waals surface area contributed by atoms with Gasteiger partial charge in [0.1, 0.15) is 6.61 Å². The average molecular weight is 537 g/mol. The number of benzene rings is 1. The van der Waals surface area contributed by atoms with Crippen molar-refractivity contribution < 1.29 is 9.63 Å². The molecule has 4 aromatic rings. The van der Waals surface area contributed by atoms with E-state index in [9.17, 15) is 4.79 Å². The fourth-order valence-electron chi connectivity index (χ4n) is 3.93. The number of nitrogens with one attached hydrogen (secondary N) is 1. The highest BCUT2D eigenvalue weighted by Crippen LogP contribution is 2.44. The lowest BCUT2D eigenvalue weighted by molar-refractivity contribution is -0.114. The molecule has 10 heteroatoms. The van der Waals surface area contributed by atoms with Gasteiger partial charge in [-0.05, 0) is 65.5 Å². The van der Waals surface area contributed by atoms with Crippen LogP contribution in [0.5, 0.6) is 0 Å². The van der Waals surface area contributed by atoms with Gasteiger partial charge in [-0.15, -0.1) is 0 Å². The largest absolute Gasteiger partial charge is 0.396 e. The summed E-state index contributed by atoms with van der Waals surface area (Å²) in [5.74, 6) is -0.136. The topological polar surface area (TPSA) is 94.3 Å². The van der Waals surface area contributed by atoms with E-state index < -0.39 is 0 Å². The number of hydrogen-bond acceptors (Lipinski definition) is 7. The first-order valence-electron chi connectivity index (χ1n) is 10.8. The zero-order valence-corrected chi connectivity index (χ0v) is 21.0. The lowest BCUT2D eigenvalue weighted by Gasteiger charge is -2.15. The fourth-order valence-corrected chi connectivity index (χ4v) is 5.61. The van der Waals surface area contributed by atoms with Crippen molar-refractivity contribution in [1.82, 2.24) is 19.7 Å². The third-order valence-electron chi connectivity index (χ3n) is 5.33. The summed E-state index contributed by atoms with van der Waals surface area (Å²) in [6.07, 6.45) is 6.85. The van der Waals surface area contributed by atoms with E-state index in [2.05, 4.69) is 36.4 Å². The minimum absolute atomic E-state index is 0.136. The Labute approximate surface area is 208 Å². The maximum Gasteiger partial charge on any atom is 0.223 e. The van der Waals surface area contributed by atoms with Crippen LogP contribution in [0, 0.1) is 0 Å². The Hall–Kier alpha value is -3.37. The Balaban J connectivity index is 1.67. The van der Waals surface area contributed by atoms with E-state index in [0.29, 0.717) is 11.7 Å². The number of anilines is 1. The molecular formula is C24H21BrN6O2S. The van der Waals surface area contributed by atoms with Crippen molar-refractivity contribution >= 4 is 44.5 Å². The number of aromatic nitrogens is 4. The van der Waals surface area contributed by atoms with Crippen LogP contribution in [0.15, 0.2) is 52.4 Å². The summed E-state index contributed by atoms with van der Waals surface area (Å²) in [5.41, 5.74) is 6.77. The van der Waals surface area contributed by atoms with Gasteiger partial charge < -0.3 is 10.2 Å². The van der Waals surface area contributed by atoms with Crippen LogP contribution < -0.4 is 5.32 Å². The molecule has 5 rings (SSSR count). The second-order valence-corrected chi connectivity index (χ2v) is 9.52. The monoisotopic (exact) mass is 536 g/mol. The Kier molecular flexibility index (Phi) is 6.25. The van der Waals surface area contributed by atoms with Crippen LogP contribution in [-0.4, -0.2) is 38.5 Å². The van der Waals surface area contributed by atoms with Crippen molar-refractivity contribution in [2.24, 2.45) is 5.16 Å². The predicted molar refractivity (Wildman–Crippen MR) is 137 cm³/mol. The molecule has 3 aromatic heterocycles. The molecule has 1 aromatic carbocycles. The van der Waals surface area contributed by atoms with E-state index in [1.54, 1.807) is 12.4 Å². The number of amides is 1. The van der Waals surface area contributed by atoms with Crippen LogP contribution in [0.4, 0.5) is 5.13 Å². The minimum atomic E-state index is -0.136. The molecule has 8 nitrogen and oxygen atoms in total. The summed E-state index contributed by atoms with van der Waals surface area (Å²) in [7, 11) is 0. The maximum atomic E-state index is 11.6. The molecule has 1 aliphatic rings. The number of carbonyl (C=O) groups is 1. The SMILES string of the molecule is CCO/N=C\c1ccc(-n2nc(-c3cccnc3)c3c2-c2sc(NC(C)=O)nc2CC3)c(Br)c1. The van der Waals surface area contributed by atoms with Gasteiger partial charge in [0.25, 0.3) is 0 Å². The zero-order valence-electron chi connectivity index (χ0n) is 18.6. The second-order valence-electron chi connectivity index (χ2n) is 7.67. The number of pyridine rings is 1. The second kappa shape index (κ2) is 9.47. The van der Waals surface area contributed by atoms with Crippen molar-refractivity contribution in [2.45, 2.75) is 26.7 Å². The van der Waals surface area contributed by atoms with E-state index >= 15 is 0 Å². The number of halogens is 1. The summed E-state index contributed by atoms with van der Waals surface area (Å²) < 4.78 is 2.83. The van der Waals surface area contributed by atoms with Crippen molar-refractivity contribution in [3.63, 3.8) is 0 Å². The van der Waals surface area contributed by atoms with Gasteiger partial charge in [0.05, 0.1) is 33.9 Å². The third kappa shape index (κ3) is 4.26. The summed E-state index contributed by atoms with van der Waals surface area (Å²) in [6.45, 7) is 3.90. The highest BCUT2D eigenvalue weighted by atomic mass is 79.9. The lowest BCUT2D eigenvalue weighted by atomic mass is 9.95. The average Bonchev–Trinajstić information content (AvgIpc) is 3.40. The van der Waals surface area contributed by atoms with Crippen LogP contribution in [-0.2, 0) is 22.5 Å². The quantitative estimate of drug-likeness (QED) is 0.268. The number of aryl methyl sites for hydroxylation is 1. The first-order chi connectivity index (χ1) is 16.5. The summed E-state index contributed by atoms with van der Waals surface area (Å²) in [5, 5.41) is 12.4. The summed E-state index contributed by atoms with van der Waals surface area (Å²) >= 11 is 5.19. The standard InChI is InChI=1S/C24H21BrN6O2S/c1-3-33-27-12-15-6-9-20(18(25)11-15)31-22-17(21(30-31)16-5-4-10-26-13-16)7-8-19-23(22)34-24(29-19)28-14(2)32/h4-6,9-13H,3,7-8H2,1-2H3,(H,28,29,32)/b27-12-. The van der Waals surface area contributed by atoms with Crippen LogP contribution >= 0.6 is 27.3 Å². The normalized spacial score (nSPS) is 12.4. The van der Waals surface area contributed by atoms with Gasteiger partial charge in [-0.1, -0.05) is 22.6 Å². The molecule has 172 valence electrons. The van der Waals surface area contributed by atoms with Crippen LogP contribution in [0.1, 0.15) is 30.7 Å². The summed E-state index contributed by atoms with van der Waals surface area (Å²) in [6, 6.07) is 9.89. The number of oxime groups is 1. The van der Waals surface area contributed by atoms with Gasteiger partial charge in [-0.2, -0.15) is 5.10 Å².